The van der Waals surface area contributed by atoms with Crippen LogP contribution in [0.2, 0.25) is 0 Å². The molecular weight excluding hydrogens is 232 g/mol. The fourth-order valence-corrected chi connectivity index (χ4v) is 2.52. The molecule has 1 atom stereocenters. The van der Waals surface area contributed by atoms with Crippen molar-refractivity contribution in [3.63, 3.8) is 0 Å². The Kier molecular flexibility index (Phi) is 3.97. The van der Waals surface area contributed by atoms with Crippen LogP contribution >= 0.6 is 11.3 Å². The third-order valence-corrected chi connectivity index (χ3v) is 3.80. The average molecular weight is 250 g/mol. The van der Waals surface area contributed by atoms with Crippen LogP contribution in [0.15, 0.2) is 22.7 Å². The second-order valence-electron chi connectivity index (χ2n) is 4.15. The summed E-state index contributed by atoms with van der Waals surface area (Å²) in [6.45, 7) is 7.32. The quantitative estimate of drug-likeness (QED) is 0.877. The van der Waals surface area contributed by atoms with Crippen molar-refractivity contribution in [2.45, 2.75) is 33.2 Å². The van der Waals surface area contributed by atoms with E-state index in [-0.39, 0.29) is 0 Å². The number of hydrogen-bond donors (Lipinski definition) is 1. The van der Waals surface area contributed by atoms with Crippen molar-refractivity contribution in [3.05, 3.63) is 29.0 Å². The molecule has 0 radical (unpaired) electrons. The second kappa shape index (κ2) is 5.47. The maximum Gasteiger partial charge on any atom is 0.162 e. The molecule has 4 heteroatoms. The van der Waals surface area contributed by atoms with Crippen molar-refractivity contribution in [3.8, 4) is 10.8 Å². The van der Waals surface area contributed by atoms with E-state index in [9.17, 15) is 0 Å². The van der Waals surface area contributed by atoms with Crippen LogP contribution in [-0.4, -0.2) is 11.5 Å². The molecule has 0 fully saturated rings. The van der Waals surface area contributed by atoms with E-state index < -0.39 is 0 Å². The maximum absolute atomic E-state index is 5.57. The van der Waals surface area contributed by atoms with Crippen molar-refractivity contribution in [1.82, 2.24) is 10.3 Å². The molecule has 0 aliphatic carbocycles. The Hall–Kier alpha value is -1.13. The van der Waals surface area contributed by atoms with Gasteiger partial charge in [0.1, 0.15) is 5.76 Å². The summed E-state index contributed by atoms with van der Waals surface area (Å²) in [4.78, 5) is 5.67. The van der Waals surface area contributed by atoms with E-state index in [0.29, 0.717) is 6.04 Å². The van der Waals surface area contributed by atoms with Gasteiger partial charge in [0.25, 0.3) is 0 Å². The molecule has 17 heavy (non-hydrogen) atoms. The molecule has 3 nitrogen and oxygen atoms in total. The van der Waals surface area contributed by atoms with Gasteiger partial charge in [0.05, 0.1) is 0 Å². The Morgan fingerprint density at radius 1 is 1.47 bits per heavy atom. The first-order valence-electron chi connectivity index (χ1n) is 5.96. The molecule has 0 aliphatic heterocycles. The van der Waals surface area contributed by atoms with Crippen LogP contribution < -0.4 is 5.32 Å². The lowest BCUT2D eigenvalue weighted by atomic mass is 10.3. The van der Waals surface area contributed by atoms with E-state index in [2.05, 4.69) is 24.1 Å². The highest BCUT2D eigenvalue weighted by atomic mass is 32.1. The molecule has 2 rings (SSSR count). The van der Waals surface area contributed by atoms with Crippen LogP contribution in [0.5, 0.6) is 0 Å². The number of rotatable bonds is 5. The zero-order chi connectivity index (χ0) is 12.3. The van der Waals surface area contributed by atoms with Crippen LogP contribution in [0, 0.1) is 6.92 Å². The minimum atomic E-state index is 0.359. The molecule has 0 bridgehead atoms. The van der Waals surface area contributed by atoms with Crippen LogP contribution in [-0.2, 0) is 0 Å². The summed E-state index contributed by atoms with van der Waals surface area (Å²) >= 11 is 1.69. The van der Waals surface area contributed by atoms with Crippen LogP contribution in [0.1, 0.15) is 36.9 Å². The number of nitrogens with zero attached hydrogens (tertiary/aromatic N) is 1. The zero-order valence-corrected chi connectivity index (χ0v) is 11.3. The van der Waals surface area contributed by atoms with Gasteiger partial charge in [-0.05, 0) is 38.9 Å². The second-order valence-corrected chi connectivity index (χ2v) is 5.22. The molecule has 1 N–H and O–H groups in total. The van der Waals surface area contributed by atoms with Gasteiger partial charge in [0, 0.05) is 17.1 Å². The predicted molar refractivity (Wildman–Crippen MR) is 71.3 cm³/mol. The highest BCUT2D eigenvalue weighted by Gasteiger charge is 2.12. The normalized spacial score (nSPS) is 12.9. The van der Waals surface area contributed by atoms with Crippen LogP contribution in [0.25, 0.3) is 10.8 Å². The lowest BCUT2D eigenvalue weighted by Crippen LogP contribution is -2.18. The summed E-state index contributed by atoms with van der Waals surface area (Å²) in [7, 11) is 0. The van der Waals surface area contributed by atoms with Crippen molar-refractivity contribution in [2.75, 3.05) is 6.54 Å². The maximum atomic E-state index is 5.57. The number of furan rings is 1. The van der Waals surface area contributed by atoms with E-state index in [1.165, 1.54) is 4.88 Å². The van der Waals surface area contributed by atoms with Gasteiger partial charge >= 0.3 is 0 Å². The monoisotopic (exact) mass is 250 g/mol. The minimum absolute atomic E-state index is 0.359. The van der Waals surface area contributed by atoms with Crippen molar-refractivity contribution in [1.29, 1.82) is 0 Å². The largest absolute Gasteiger partial charge is 0.459 e. The SMILES string of the molecule is CCCNC(C)c1cnc(-c2ccc(C)o2)s1. The van der Waals surface area contributed by atoms with Gasteiger partial charge in [-0.3, -0.25) is 0 Å². The summed E-state index contributed by atoms with van der Waals surface area (Å²) < 4.78 is 5.57. The predicted octanol–water partition coefficient (Wildman–Crippen LogP) is 3.77. The third-order valence-electron chi connectivity index (χ3n) is 2.60. The van der Waals surface area contributed by atoms with Gasteiger partial charge < -0.3 is 9.73 Å². The Morgan fingerprint density at radius 2 is 2.29 bits per heavy atom. The van der Waals surface area contributed by atoms with Gasteiger partial charge in [0.2, 0.25) is 0 Å². The molecule has 0 saturated heterocycles. The Morgan fingerprint density at radius 3 is 2.94 bits per heavy atom. The molecule has 0 aromatic carbocycles. The molecule has 2 heterocycles. The molecule has 0 saturated carbocycles. The highest BCUT2D eigenvalue weighted by Crippen LogP contribution is 2.29. The first-order valence-corrected chi connectivity index (χ1v) is 6.78. The lowest BCUT2D eigenvalue weighted by molar-refractivity contribution is 0.548. The smallest absolute Gasteiger partial charge is 0.162 e. The Labute approximate surface area is 106 Å². The van der Waals surface area contributed by atoms with Crippen LogP contribution in [0.4, 0.5) is 0 Å². The molecule has 0 spiro atoms. The van der Waals surface area contributed by atoms with Gasteiger partial charge in [-0.1, -0.05) is 6.92 Å². The fraction of sp³-hybridized carbons (Fsp3) is 0.462. The Bertz CT molecular complexity index is 475. The third kappa shape index (κ3) is 2.96. The summed E-state index contributed by atoms with van der Waals surface area (Å²) in [5.74, 6) is 1.79. The van der Waals surface area contributed by atoms with Crippen molar-refractivity contribution >= 4 is 11.3 Å². The molecule has 2 aromatic rings. The standard InChI is InChI=1S/C13H18N2OS/c1-4-7-14-10(3)12-8-15-13(17-12)11-6-5-9(2)16-11/h5-6,8,10,14H,4,7H2,1-3H3. The number of aromatic nitrogens is 1. The van der Waals surface area contributed by atoms with Gasteiger partial charge in [-0.2, -0.15) is 0 Å². The highest BCUT2D eigenvalue weighted by molar-refractivity contribution is 7.15. The fourth-order valence-electron chi connectivity index (χ4n) is 1.61. The van der Waals surface area contributed by atoms with Crippen molar-refractivity contribution < 1.29 is 4.42 Å². The number of hydrogen-bond acceptors (Lipinski definition) is 4. The van der Waals surface area contributed by atoms with E-state index in [1.54, 1.807) is 11.3 Å². The topological polar surface area (TPSA) is 38.1 Å². The van der Waals surface area contributed by atoms with E-state index in [4.69, 9.17) is 4.42 Å². The van der Waals surface area contributed by atoms with E-state index in [0.717, 1.165) is 29.5 Å². The molecule has 0 aliphatic rings. The summed E-state index contributed by atoms with van der Waals surface area (Å²) in [5, 5.41) is 4.42. The van der Waals surface area contributed by atoms with E-state index in [1.807, 2.05) is 25.3 Å². The lowest BCUT2D eigenvalue weighted by Gasteiger charge is -2.09. The number of aryl methyl sites for hydroxylation is 1. The molecule has 1 unspecified atom stereocenters. The molecule has 2 aromatic heterocycles. The first kappa shape index (κ1) is 12.3. The summed E-state index contributed by atoms with van der Waals surface area (Å²) in [6.07, 6.45) is 3.08. The van der Waals surface area contributed by atoms with Crippen LogP contribution in [0.3, 0.4) is 0 Å². The molecular formula is C13H18N2OS. The van der Waals surface area contributed by atoms with E-state index >= 15 is 0 Å². The van der Waals surface area contributed by atoms with Gasteiger partial charge in [0.15, 0.2) is 10.8 Å². The Balaban J connectivity index is 2.10. The zero-order valence-electron chi connectivity index (χ0n) is 10.5. The van der Waals surface area contributed by atoms with Gasteiger partial charge in [-0.25, -0.2) is 4.98 Å². The first-order chi connectivity index (χ1) is 8.20. The number of nitrogens with one attached hydrogen (secondary N) is 1. The summed E-state index contributed by atoms with van der Waals surface area (Å²) in [6, 6.07) is 4.30. The summed E-state index contributed by atoms with van der Waals surface area (Å²) in [5.41, 5.74) is 0. The van der Waals surface area contributed by atoms with Crippen molar-refractivity contribution in [2.24, 2.45) is 0 Å². The minimum Gasteiger partial charge on any atom is -0.459 e. The van der Waals surface area contributed by atoms with Gasteiger partial charge in [-0.15, -0.1) is 11.3 Å². The molecule has 0 amide bonds. The number of thiazole rings is 1. The average Bonchev–Trinajstić information content (AvgIpc) is 2.93. The molecule has 92 valence electrons.